The van der Waals surface area contributed by atoms with Gasteiger partial charge in [0.05, 0.1) is 0 Å². The fourth-order valence-corrected chi connectivity index (χ4v) is 15.8. The van der Waals surface area contributed by atoms with Crippen molar-refractivity contribution in [2.45, 2.75) is 38.8 Å². The first kappa shape index (κ1) is 11.2. The molecule has 0 aliphatic carbocycles. The fourth-order valence-electron chi connectivity index (χ4n) is 1.49. The van der Waals surface area contributed by atoms with E-state index in [1.807, 2.05) is 0 Å². The first-order valence-electron chi connectivity index (χ1n) is 4.39. The molecule has 0 radical (unpaired) electrons. The Balaban J connectivity index is 3.11. The van der Waals surface area contributed by atoms with E-state index < -0.39 is 18.4 Å². The Hall–Kier alpha value is 1.14. The molecule has 0 nitrogen and oxygen atoms in total. The van der Waals surface area contributed by atoms with E-state index in [9.17, 15) is 0 Å². The Labute approximate surface area is 83.6 Å². The Kier molecular flexibility index (Phi) is 3.15. The molecule has 0 aromatic carbocycles. The molecule has 1 aliphatic heterocycles. The normalized spacial score (nSPS) is 32.8. The molecule has 3 heteroatoms. The summed E-state index contributed by atoms with van der Waals surface area (Å²) >= 11 is -1.76. The van der Waals surface area contributed by atoms with E-state index in [0.29, 0.717) is 3.17 Å². The second-order valence-corrected chi connectivity index (χ2v) is 25.3. The molecule has 0 N–H and O–H groups in total. The van der Waals surface area contributed by atoms with Crippen LogP contribution in [0.2, 0.25) is 14.8 Å². The zero-order valence-corrected chi connectivity index (χ0v) is 13.5. The van der Waals surface area contributed by atoms with E-state index in [4.69, 9.17) is 0 Å². The summed E-state index contributed by atoms with van der Waals surface area (Å²) in [5.41, 5.74) is 0. The van der Waals surface area contributed by atoms with Crippen LogP contribution in [0.3, 0.4) is 0 Å². The summed E-state index contributed by atoms with van der Waals surface area (Å²) in [5.74, 6) is 0. The second kappa shape index (κ2) is 3.37. The minimum absolute atomic E-state index is 0.611. The van der Waals surface area contributed by atoms with Crippen molar-refractivity contribution in [2.24, 2.45) is 0 Å². The molecule has 0 bridgehead atoms. The summed E-state index contributed by atoms with van der Waals surface area (Å²) in [4.78, 5) is 7.66. The number of hydrogen-bond acceptors (Lipinski definition) is 0. The predicted octanol–water partition coefficient (Wildman–Crippen LogP) is 3.87. The molecule has 0 saturated carbocycles. The average Bonchev–Trinajstić information content (AvgIpc) is 2.06. The maximum absolute atomic E-state index is 2.55. The zero-order chi connectivity index (χ0) is 9.57. The van der Waals surface area contributed by atoms with Gasteiger partial charge in [0.15, 0.2) is 0 Å². The van der Waals surface area contributed by atoms with E-state index >= 15 is 0 Å². The van der Waals surface area contributed by atoms with Gasteiger partial charge in [0.25, 0.3) is 0 Å². The molecule has 68 valence electrons. The van der Waals surface area contributed by atoms with Crippen LogP contribution in [0.1, 0.15) is 20.8 Å². The molecule has 0 saturated heterocycles. The van der Waals surface area contributed by atoms with Crippen molar-refractivity contribution in [1.82, 2.24) is 0 Å². The topological polar surface area (TPSA) is 0 Å². The third kappa shape index (κ3) is 1.81. The van der Waals surface area contributed by atoms with Gasteiger partial charge in [0, 0.05) is 0 Å². The van der Waals surface area contributed by atoms with Gasteiger partial charge in [-0.1, -0.05) is 0 Å². The van der Waals surface area contributed by atoms with Crippen molar-refractivity contribution in [3.63, 3.8) is 0 Å². The predicted molar refractivity (Wildman–Crippen MR) is 67.0 cm³/mol. The second-order valence-electron chi connectivity index (χ2n) is 4.68. The van der Waals surface area contributed by atoms with Crippen molar-refractivity contribution in [3.05, 3.63) is 0 Å². The van der Waals surface area contributed by atoms with Crippen molar-refractivity contribution in [2.75, 3.05) is 0 Å². The Bertz CT molecular complexity index is 260. The van der Waals surface area contributed by atoms with Crippen LogP contribution in [-0.2, 0) is 0 Å². The van der Waals surface area contributed by atoms with Crippen LogP contribution in [0.25, 0.3) is 0 Å². The van der Waals surface area contributed by atoms with Gasteiger partial charge in [-0.2, -0.15) is 0 Å². The van der Waals surface area contributed by atoms with Gasteiger partial charge in [-0.25, -0.2) is 0 Å². The molecular weight excluding hydrogens is 289 g/mol. The molecule has 0 aromatic rings. The van der Waals surface area contributed by atoms with Crippen LogP contribution in [0.4, 0.5) is 0 Å². The first-order valence-corrected chi connectivity index (χ1v) is 16.2. The van der Waals surface area contributed by atoms with Crippen LogP contribution < -0.4 is 0 Å². The molecule has 1 rings (SSSR count). The third-order valence-electron chi connectivity index (χ3n) is 2.88. The van der Waals surface area contributed by atoms with Crippen molar-refractivity contribution in [3.8, 4) is 0 Å². The molecule has 0 aromatic heterocycles. The van der Waals surface area contributed by atoms with Crippen molar-refractivity contribution in [1.29, 1.82) is 0 Å². The summed E-state index contributed by atoms with van der Waals surface area (Å²) in [6.45, 7) is 7.15. The zero-order valence-electron chi connectivity index (χ0n) is 8.89. The molecule has 0 spiro atoms. The number of hydrogen-bond donors (Lipinski definition) is 0. The van der Waals surface area contributed by atoms with Gasteiger partial charge in [-0.05, 0) is 0 Å². The minimum atomic E-state index is -1.76. The van der Waals surface area contributed by atoms with E-state index in [1.54, 1.807) is 26.7 Å². The van der Waals surface area contributed by atoms with Gasteiger partial charge < -0.3 is 0 Å². The van der Waals surface area contributed by atoms with Gasteiger partial charge >= 0.3 is 83.9 Å². The monoisotopic (exact) mass is 308 g/mol. The Morgan fingerprint density at radius 2 is 1.67 bits per heavy atom. The number of rotatable bonds is 1. The quantitative estimate of drug-likeness (QED) is 0.509. The van der Waals surface area contributed by atoms with Crippen LogP contribution in [0, 0.1) is 0 Å². The van der Waals surface area contributed by atoms with E-state index in [2.05, 4.69) is 35.6 Å². The Morgan fingerprint density at radius 1 is 1.17 bits per heavy atom. The first-order chi connectivity index (χ1) is 5.27. The van der Waals surface area contributed by atoms with Crippen LogP contribution in [0.5, 0.6) is 0 Å². The van der Waals surface area contributed by atoms with Crippen LogP contribution in [0.15, 0.2) is 0 Å². The van der Waals surface area contributed by atoms with Gasteiger partial charge in [-0.3, -0.25) is 0 Å². The molecule has 12 heavy (non-hydrogen) atoms. The third-order valence-corrected chi connectivity index (χ3v) is 21.3. The molecule has 0 amide bonds. The molecular formula is C9H18P2Sn. The van der Waals surface area contributed by atoms with E-state index in [-0.39, 0.29) is 0 Å². The summed E-state index contributed by atoms with van der Waals surface area (Å²) in [7, 11) is 3.17. The van der Waals surface area contributed by atoms with Crippen LogP contribution >= 0.6 is 16.4 Å². The standard InChI is InChI=1S/C6H9P2.3CH3.Sn/c1-4-5(2)8-6(3)7-4;;;;/h1-3H3;3*1H3;. The fraction of sp³-hybridized carbons (Fsp3) is 0.778. The molecule has 1 atom stereocenters. The van der Waals surface area contributed by atoms with Crippen LogP contribution in [-0.4, -0.2) is 31.9 Å². The van der Waals surface area contributed by atoms with Crippen molar-refractivity contribution < 1.29 is 0 Å². The molecule has 0 fully saturated rings. The summed E-state index contributed by atoms with van der Waals surface area (Å²) in [5, 5.41) is 3.38. The SMILES string of the molecule is CC1=P[C@](C)([Sn]([CH3])([CH3])[CH3])C(C)=P1. The van der Waals surface area contributed by atoms with E-state index in [0.717, 1.165) is 0 Å². The average molecular weight is 307 g/mol. The maximum atomic E-state index is 2.55. The van der Waals surface area contributed by atoms with Gasteiger partial charge in [0.2, 0.25) is 0 Å². The van der Waals surface area contributed by atoms with Gasteiger partial charge in [0.1, 0.15) is 0 Å². The summed E-state index contributed by atoms with van der Waals surface area (Å²) in [6.07, 6.45) is 0. The summed E-state index contributed by atoms with van der Waals surface area (Å²) < 4.78 is 0.611. The Morgan fingerprint density at radius 3 is 1.83 bits per heavy atom. The molecule has 1 heterocycles. The molecule has 0 unspecified atom stereocenters. The molecule has 1 aliphatic rings. The van der Waals surface area contributed by atoms with Crippen molar-refractivity contribution >= 4 is 45.1 Å². The van der Waals surface area contributed by atoms with E-state index in [1.165, 1.54) is 0 Å². The van der Waals surface area contributed by atoms with Gasteiger partial charge in [-0.15, -0.1) is 0 Å². The summed E-state index contributed by atoms with van der Waals surface area (Å²) in [6, 6.07) is 0.